The molecule has 0 fully saturated rings. The largest absolute Gasteiger partial charge is 0.325 e. The number of aryl methyl sites for hydroxylation is 1. The summed E-state index contributed by atoms with van der Waals surface area (Å²) in [7, 11) is 0. The molecule has 2 aromatic rings. The fourth-order valence-electron chi connectivity index (χ4n) is 2.06. The lowest BCUT2D eigenvalue weighted by Crippen LogP contribution is -2.24. The Labute approximate surface area is 124 Å². The van der Waals surface area contributed by atoms with Gasteiger partial charge in [0.1, 0.15) is 5.92 Å². The Morgan fingerprint density at radius 2 is 2.00 bits per heavy atom. The second-order valence-electron chi connectivity index (χ2n) is 4.98. The number of benzene rings is 1. The summed E-state index contributed by atoms with van der Waals surface area (Å²) in [4.78, 5) is 16.2. The average molecular weight is 279 g/mol. The molecule has 21 heavy (non-hydrogen) atoms. The lowest BCUT2D eigenvalue weighted by Gasteiger charge is -2.13. The van der Waals surface area contributed by atoms with Gasteiger partial charge in [-0.05, 0) is 55.2 Å². The highest BCUT2D eigenvalue weighted by Crippen LogP contribution is 2.19. The average Bonchev–Trinajstić information content (AvgIpc) is 2.50. The van der Waals surface area contributed by atoms with E-state index in [4.69, 9.17) is 0 Å². The molecule has 0 saturated carbocycles. The highest BCUT2D eigenvalue weighted by molar-refractivity contribution is 5.95. The van der Waals surface area contributed by atoms with E-state index in [0.717, 1.165) is 22.4 Å². The summed E-state index contributed by atoms with van der Waals surface area (Å²) in [5, 5.41) is 12.1. The first-order valence-corrected chi connectivity index (χ1v) is 6.77. The predicted molar refractivity (Wildman–Crippen MR) is 81.6 cm³/mol. The summed E-state index contributed by atoms with van der Waals surface area (Å²) in [6, 6.07) is 11.4. The van der Waals surface area contributed by atoms with Crippen molar-refractivity contribution in [2.45, 2.75) is 20.3 Å². The van der Waals surface area contributed by atoms with Gasteiger partial charge in [0.15, 0.2) is 0 Å². The number of anilines is 1. The number of hydrogen-bond acceptors (Lipinski definition) is 3. The van der Waals surface area contributed by atoms with Crippen LogP contribution in [-0.2, 0) is 11.2 Å². The van der Waals surface area contributed by atoms with Crippen molar-refractivity contribution in [3.8, 4) is 6.07 Å². The molecule has 4 heteroatoms. The van der Waals surface area contributed by atoms with Crippen LogP contribution in [0, 0.1) is 31.1 Å². The SMILES string of the molecule is Cc1cccc(NC(=O)[C@H](C#N)Cc2ccncc2)c1C. The van der Waals surface area contributed by atoms with Gasteiger partial charge in [-0.25, -0.2) is 0 Å². The van der Waals surface area contributed by atoms with E-state index in [1.807, 2.05) is 44.2 Å². The Morgan fingerprint density at radius 1 is 1.29 bits per heavy atom. The summed E-state index contributed by atoms with van der Waals surface area (Å²) in [6.07, 6.45) is 3.70. The van der Waals surface area contributed by atoms with Crippen LogP contribution in [0.4, 0.5) is 5.69 Å². The number of hydrogen-bond donors (Lipinski definition) is 1. The summed E-state index contributed by atoms with van der Waals surface area (Å²) in [6.45, 7) is 3.94. The molecule has 1 atom stereocenters. The van der Waals surface area contributed by atoms with Crippen molar-refractivity contribution >= 4 is 11.6 Å². The number of carbonyl (C=O) groups excluding carboxylic acids is 1. The molecule has 0 bridgehead atoms. The third-order valence-electron chi connectivity index (χ3n) is 3.52. The van der Waals surface area contributed by atoms with E-state index in [-0.39, 0.29) is 5.91 Å². The van der Waals surface area contributed by atoms with E-state index < -0.39 is 5.92 Å². The van der Waals surface area contributed by atoms with Crippen LogP contribution in [0.3, 0.4) is 0 Å². The molecule has 2 rings (SSSR count). The summed E-state index contributed by atoms with van der Waals surface area (Å²) < 4.78 is 0. The normalized spacial score (nSPS) is 11.5. The molecule has 1 amide bonds. The molecular formula is C17H17N3O. The topological polar surface area (TPSA) is 65.8 Å². The van der Waals surface area contributed by atoms with Crippen LogP contribution >= 0.6 is 0 Å². The summed E-state index contributed by atoms with van der Waals surface area (Å²) in [5.74, 6) is -0.990. The molecule has 106 valence electrons. The zero-order valence-electron chi connectivity index (χ0n) is 12.1. The van der Waals surface area contributed by atoms with E-state index in [1.165, 1.54) is 0 Å². The minimum atomic E-state index is -0.715. The molecule has 1 N–H and O–H groups in total. The molecular weight excluding hydrogens is 262 g/mol. The van der Waals surface area contributed by atoms with Gasteiger partial charge >= 0.3 is 0 Å². The molecule has 0 aliphatic rings. The Balaban J connectivity index is 2.11. The quantitative estimate of drug-likeness (QED) is 0.935. The van der Waals surface area contributed by atoms with E-state index in [2.05, 4.69) is 16.4 Å². The Bertz CT molecular complexity index is 674. The number of carbonyl (C=O) groups is 1. The monoisotopic (exact) mass is 279 g/mol. The van der Waals surface area contributed by atoms with Crippen LogP contribution in [-0.4, -0.2) is 10.9 Å². The van der Waals surface area contributed by atoms with E-state index in [1.54, 1.807) is 12.4 Å². The second-order valence-corrected chi connectivity index (χ2v) is 4.98. The Morgan fingerprint density at radius 3 is 2.67 bits per heavy atom. The van der Waals surface area contributed by atoms with E-state index >= 15 is 0 Å². The number of nitriles is 1. The summed E-state index contributed by atoms with van der Waals surface area (Å²) in [5.41, 5.74) is 3.81. The standard InChI is InChI=1S/C17H17N3O/c1-12-4-3-5-16(13(12)2)20-17(21)15(11-18)10-14-6-8-19-9-7-14/h3-9,15H,10H2,1-2H3,(H,20,21)/t15-/m0/s1. The van der Waals surface area contributed by atoms with Crippen LogP contribution in [0.1, 0.15) is 16.7 Å². The first kappa shape index (κ1) is 14.7. The molecule has 0 aliphatic heterocycles. The minimum absolute atomic E-state index is 0.275. The first-order valence-electron chi connectivity index (χ1n) is 6.77. The van der Waals surface area contributed by atoms with Crippen LogP contribution in [0.5, 0.6) is 0 Å². The first-order chi connectivity index (χ1) is 10.1. The molecule has 0 spiro atoms. The zero-order chi connectivity index (χ0) is 15.2. The van der Waals surface area contributed by atoms with Crippen LogP contribution in [0.15, 0.2) is 42.7 Å². The number of pyridine rings is 1. The fourth-order valence-corrected chi connectivity index (χ4v) is 2.06. The second kappa shape index (κ2) is 6.67. The molecule has 1 aromatic heterocycles. The number of aromatic nitrogens is 1. The fraction of sp³-hybridized carbons (Fsp3) is 0.235. The van der Waals surface area contributed by atoms with Gasteiger partial charge in [-0.1, -0.05) is 12.1 Å². The molecule has 0 radical (unpaired) electrons. The van der Waals surface area contributed by atoms with Gasteiger partial charge in [0.2, 0.25) is 5.91 Å². The number of nitrogens with zero attached hydrogens (tertiary/aromatic N) is 2. The molecule has 0 saturated heterocycles. The van der Waals surface area contributed by atoms with E-state index in [9.17, 15) is 10.1 Å². The van der Waals surface area contributed by atoms with Crippen LogP contribution < -0.4 is 5.32 Å². The Kier molecular flexibility index (Phi) is 4.68. The third-order valence-corrected chi connectivity index (χ3v) is 3.52. The lowest BCUT2D eigenvalue weighted by atomic mass is 10.00. The van der Waals surface area contributed by atoms with Crippen molar-refractivity contribution in [2.75, 3.05) is 5.32 Å². The molecule has 1 heterocycles. The van der Waals surface area contributed by atoms with Gasteiger partial charge in [0.25, 0.3) is 0 Å². The minimum Gasteiger partial charge on any atom is -0.325 e. The van der Waals surface area contributed by atoms with Gasteiger partial charge in [-0.15, -0.1) is 0 Å². The highest BCUT2D eigenvalue weighted by atomic mass is 16.1. The molecule has 0 unspecified atom stereocenters. The number of amides is 1. The predicted octanol–water partition coefficient (Wildman–Crippen LogP) is 3.02. The smallest absolute Gasteiger partial charge is 0.242 e. The molecule has 0 aliphatic carbocycles. The van der Waals surface area contributed by atoms with Crippen molar-refractivity contribution in [1.29, 1.82) is 5.26 Å². The van der Waals surface area contributed by atoms with Crippen LogP contribution in [0.2, 0.25) is 0 Å². The van der Waals surface area contributed by atoms with Gasteiger partial charge in [0, 0.05) is 18.1 Å². The maximum absolute atomic E-state index is 12.3. The number of rotatable bonds is 4. The highest BCUT2D eigenvalue weighted by Gasteiger charge is 2.19. The lowest BCUT2D eigenvalue weighted by molar-refractivity contribution is -0.118. The van der Waals surface area contributed by atoms with Gasteiger partial charge in [-0.3, -0.25) is 9.78 Å². The van der Waals surface area contributed by atoms with Crippen molar-refractivity contribution in [3.63, 3.8) is 0 Å². The van der Waals surface area contributed by atoms with Crippen molar-refractivity contribution in [2.24, 2.45) is 5.92 Å². The molecule has 1 aromatic carbocycles. The van der Waals surface area contributed by atoms with Gasteiger partial charge in [0.05, 0.1) is 6.07 Å². The zero-order valence-corrected chi connectivity index (χ0v) is 12.1. The van der Waals surface area contributed by atoms with E-state index in [0.29, 0.717) is 6.42 Å². The van der Waals surface area contributed by atoms with Crippen molar-refractivity contribution in [3.05, 3.63) is 59.4 Å². The Hall–Kier alpha value is -2.67. The van der Waals surface area contributed by atoms with Gasteiger partial charge < -0.3 is 5.32 Å². The maximum atomic E-state index is 12.3. The number of nitrogens with one attached hydrogen (secondary N) is 1. The van der Waals surface area contributed by atoms with Crippen molar-refractivity contribution in [1.82, 2.24) is 4.98 Å². The maximum Gasteiger partial charge on any atom is 0.242 e. The van der Waals surface area contributed by atoms with Crippen LogP contribution in [0.25, 0.3) is 0 Å². The summed E-state index contributed by atoms with van der Waals surface area (Å²) >= 11 is 0. The third kappa shape index (κ3) is 3.67. The van der Waals surface area contributed by atoms with Crippen molar-refractivity contribution < 1.29 is 4.79 Å². The molecule has 4 nitrogen and oxygen atoms in total. The van der Waals surface area contributed by atoms with Gasteiger partial charge in [-0.2, -0.15) is 5.26 Å².